The third kappa shape index (κ3) is 3.09. The second-order valence-corrected chi connectivity index (χ2v) is 8.39. The summed E-state index contributed by atoms with van der Waals surface area (Å²) in [7, 11) is 0. The van der Waals surface area contributed by atoms with E-state index >= 15 is 0 Å². The van der Waals surface area contributed by atoms with E-state index in [1.807, 2.05) is 24.3 Å². The molecule has 150 valence electrons. The molecule has 4 heteroatoms. The first-order valence-corrected chi connectivity index (χ1v) is 9.91. The van der Waals surface area contributed by atoms with E-state index in [1.54, 1.807) is 6.08 Å². The Morgan fingerprint density at radius 1 is 0.900 bits per heavy atom. The maximum Gasteiger partial charge on any atom is 0.136 e. The van der Waals surface area contributed by atoms with E-state index in [-0.39, 0.29) is 5.54 Å². The van der Waals surface area contributed by atoms with E-state index in [9.17, 15) is 8.78 Å². The fourth-order valence-electron chi connectivity index (χ4n) is 4.45. The van der Waals surface area contributed by atoms with Crippen LogP contribution in [0.15, 0.2) is 60.7 Å². The van der Waals surface area contributed by atoms with Gasteiger partial charge in [-0.1, -0.05) is 30.3 Å². The van der Waals surface area contributed by atoms with Gasteiger partial charge in [0.05, 0.1) is 5.54 Å². The summed E-state index contributed by atoms with van der Waals surface area (Å²) in [5.41, 5.74) is 6.38. The number of benzene rings is 3. The standard InChI is InChI=1S/C26H21F2NO/c1-15-14-26(2,3)29-21-9-8-20-19-6-4-5-7-22(19)30-23(25(20)24(15)21)12-16-10-17(27)13-18(28)11-16/h4-14,29H,1-3H3/b23-12-. The first-order chi connectivity index (χ1) is 14.3. The van der Waals surface area contributed by atoms with Crippen LogP contribution in [-0.2, 0) is 0 Å². The van der Waals surface area contributed by atoms with Crippen molar-refractivity contribution in [2.75, 3.05) is 5.32 Å². The van der Waals surface area contributed by atoms with Gasteiger partial charge in [0.15, 0.2) is 0 Å². The van der Waals surface area contributed by atoms with Crippen LogP contribution < -0.4 is 10.1 Å². The van der Waals surface area contributed by atoms with Gasteiger partial charge < -0.3 is 10.1 Å². The molecule has 2 nitrogen and oxygen atoms in total. The highest BCUT2D eigenvalue weighted by molar-refractivity contribution is 6.00. The Morgan fingerprint density at radius 2 is 1.63 bits per heavy atom. The molecule has 0 bridgehead atoms. The van der Waals surface area contributed by atoms with E-state index in [4.69, 9.17) is 4.74 Å². The number of para-hydroxylation sites is 1. The molecule has 0 amide bonds. The maximum absolute atomic E-state index is 13.8. The van der Waals surface area contributed by atoms with Gasteiger partial charge in [-0.3, -0.25) is 0 Å². The Kier molecular flexibility index (Phi) is 4.07. The van der Waals surface area contributed by atoms with Gasteiger partial charge in [-0.2, -0.15) is 0 Å². The Hall–Kier alpha value is -3.40. The van der Waals surface area contributed by atoms with Crippen molar-refractivity contribution in [2.24, 2.45) is 0 Å². The zero-order valence-corrected chi connectivity index (χ0v) is 17.0. The summed E-state index contributed by atoms with van der Waals surface area (Å²) in [5.74, 6) is 0.0549. The predicted octanol–water partition coefficient (Wildman–Crippen LogP) is 7.13. The van der Waals surface area contributed by atoms with Gasteiger partial charge in [0.25, 0.3) is 0 Å². The lowest BCUT2D eigenvalue weighted by atomic mass is 9.83. The smallest absolute Gasteiger partial charge is 0.136 e. The lowest BCUT2D eigenvalue weighted by molar-refractivity contribution is 0.514. The number of rotatable bonds is 1. The van der Waals surface area contributed by atoms with Crippen LogP contribution in [0.2, 0.25) is 0 Å². The van der Waals surface area contributed by atoms with Crippen molar-refractivity contribution in [3.8, 4) is 16.9 Å². The number of hydrogen-bond acceptors (Lipinski definition) is 2. The second-order valence-electron chi connectivity index (χ2n) is 8.39. The van der Waals surface area contributed by atoms with Crippen molar-refractivity contribution in [3.63, 3.8) is 0 Å². The predicted molar refractivity (Wildman–Crippen MR) is 118 cm³/mol. The monoisotopic (exact) mass is 401 g/mol. The molecule has 0 saturated carbocycles. The quantitative estimate of drug-likeness (QED) is 0.468. The minimum Gasteiger partial charge on any atom is -0.456 e. The largest absolute Gasteiger partial charge is 0.456 e. The van der Waals surface area contributed by atoms with Gasteiger partial charge in [-0.15, -0.1) is 0 Å². The second kappa shape index (κ2) is 6.56. The molecule has 5 rings (SSSR count). The van der Waals surface area contributed by atoms with Crippen molar-refractivity contribution >= 4 is 23.1 Å². The SMILES string of the molecule is CC1=CC(C)(C)Nc2ccc3c(c21)/C(=C/c1cc(F)cc(F)c1)Oc1ccccc1-3. The van der Waals surface area contributed by atoms with E-state index in [1.165, 1.54) is 12.1 Å². The molecule has 0 radical (unpaired) electrons. The molecule has 0 fully saturated rings. The van der Waals surface area contributed by atoms with Gasteiger partial charge in [0, 0.05) is 28.4 Å². The van der Waals surface area contributed by atoms with Crippen molar-refractivity contribution in [2.45, 2.75) is 26.3 Å². The van der Waals surface area contributed by atoms with E-state index in [0.29, 0.717) is 11.3 Å². The van der Waals surface area contributed by atoms with Gasteiger partial charge in [-0.05, 0) is 67.8 Å². The molecule has 0 atom stereocenters. The number of ether oxygens (including phenoxy) is 1. The normalized spacial score (nSPS) is 17.2. The molecule has 3 aromatic rings. The Balaban J connectivity index is 1.80. The number of allylic oxidation sites excluding steroid dienone is 1. The van der Waals surface area contributed by atoms with Crippen molar-refractivity contribution in [1.82, 2.24) is 0 Å². The summed E-state index contributed by atoms with van der Waals surface area (Å²) in [6.07, 6.45) is 3.89. The molecule has 2 heterocycles. The van der Waals surface area contributed by atoms with Crippen LogP contribution in [0.25, 0.3) is 28.5 Å². The summed E-state index contributed by atoms with van der Waals surface area (Å²) in [6, 6.07) is 15.5. The molecule has 3 aromatic carbocycles. The summed E-state index contributed by atoms with van der Waals surface area (Å²) in [4.78, 5) is 0. The van der Waals surface area contributed by atoms with Gasteiger partial charge in [-0.25, -0.2) is 8.78 Å². The van der Waals surface area contributed by atoms with Crippen LogP contribution in [0.3, 0.4) is 0 Å². The number of hydrogen-bond donors (Lipinski definition) is 1. The lowest BCUT2D eigenvalue weighted by Crippen LogP contribution is -2.32. The van der Waals surface area contributed by atoms with Gasteiger partial charge in [0.2, 0.25) is 0 Å². The summed E-state index contributed by atoms with van der Waals surface area (Å²) < 4.78 is 33.9. The van der Waals surface area contributed by atoms with Crippen LogP contribution in [-0.4, -0.2) is 5.54 Å². The highest BCUT2D eigenvalue weighted by Crippen LogP contribution is 2.49. The number of nitrogens with one attached hydrogen (secondary N) is 1. The van der Waals surface area contributed by atoms with E-state index < -0.39 is 11.6 Å². The Bertz CT molecular complexity index is 1230. The zero-order valence-electron chi connectivity index (χ0n) is 17.0. The average molecular weight is 401 g/mol. The molecule has 0 aromatic heterocycles. The number of halogens is 2. The fraction of sp³-hybridized carbons (Fsp3) is 0.154. The molecule has 0 unspecified atom stereocenters. The molecule has 30 heavy (non-hydrogen) atoms. The Morgan fingerprint density at radius 3 is 2.40 bits per heavy atom. The lowest BCUT2D eigenvalue weighted by Gasteiger charge is -2.35. The van der Waals surface area contributed by atoms with Crippen molar-refractivity contribution < 1.29 is 13.5 Å². The first-order valence-electron chi connectivity index (χ1n) is 9.91. The van der Waals surface area contributed by atoms with Crippen LogP contribution in [0.5, 0.6) is 5.75 Å². The topological polar surface area (TPSA) is 21.3 Å². The molecular formula is C26H21F2NO. The molecule has 0 spiro atoms. The van der Waals surface area contributed by atoms with Crippen LogP contribution >= 0.6 is 0 Å². The zero-order chi connectivity index (χ0) is 21.0. The molecular weight excluding hydrogens is 380 g/mol. The van der Waals surface area contributed by atoms with Crippen molar-refractivity contribution in [3.05, 3.63) is 89.0 Å². The summed E-state index contributed by atoms with van der Waals surface area (Å²) >= 11 is 0. The molecule has 0 saturated heterocycles. The molecule has 2 aliphatic rings. The third-order valence-electron chi connectivity index (χ3n) is 5.46. The molecule has 2 aliphatic heterocycles. The number of fused-ring (bicyclic) bond motifs is 5. The van der Waals surface area contributed by atoms with Gasteiger partial charge in [0.1, 0.15) is 23.1 Å². The third-order valence-corrected chi connectivity index (χ3v) is 5.46. The number of anilines is 1. The maximum atomic E-state index is 13.8. The average Bonchev–Trinajstić information content (AvgIpc) is 2.65. The van der Waals surface area contributed by atoms with Crippen LogP contribution in [0, 0.1) is 11.6 Å². The molecule has 0 aliphatic carbocycles. The Labute approximate surface area is 174 Å². The highest BCUT2D eigenvalue weighted by Gasteiger charge is 2.31. The van der Waals surface area contributed by atoms with Crippen LogP contribution in [0.4, 0.5) is 14.5 Å². The summed E-state index contributed by atoms with van der Waals surface area (Å²) in [5, 5.41) is 3.56. The van der Waals surface area contributed by atoms with E-state index in [0.717, 1.165) is 45.3 Å². The van der Waals surface area contributed by atoms with E-state index in [2.05, 4.69) is 44.3 Å². The summed E-state index contributed by atoms with van der Waals surface area (Å²) in [6.45, 7) is 6.33. The first kappa shape index (κ1) is 18.6. The van der Waals surface area contributed by atoms with Crippen LogP contribution in [0.1, 0.15) is 37.5 Å². The van der Waals surface area contributed by atoms with Crippen molar-refractivity contribution in [1.29, 1.82) is 0 Å². The minimum atomic E-state index is -0.618. The highest BCUT2D eigenvalue weighted by atomic mass is 19.1. The van der Waals surface area contributed by atoms with Gasteiger partial charge >= 0.3 is 0 Å². The minimum absolute atomic E-state index is 0.172. The fourth-order valence-corrected chi connectivity index (χ4v) is 4.45. The molecule has 1 N–H and O–H groups in total.